The van der Waals surface area contributed by atoms with Crippen LogP contribution in [0.25, 0.3) is 0 Å². The number of carbonyl (C=O) groups is 2. The highest BCUT2D eigenvalue weighted by molar-refractivity contribution is 6.29. The number of para-hydroxylation sites is 2. The molecule has 1 aromatic heterocycles. The molecule has 9 heteroatoms. The Labute approximate surface area is 167 Å². The summed E-state index contributed by atoms with van der Waals surface area (Å²) in [5.74, 6) is 1.35. The molecule has 0 saturated carbocycles. The zero-order valence-electron chi connectivity index (χ0n) is 15.3. The third kappa shape index (κ3) is 3.87. The van der Waals surface area contributed by atoms with Crippen LogP contribution in [0, 0.1) is 0 Å². The first-order chi connectivity index (χ1) is 13.6. The van der Waals surface area contributed by atoms with Crippen molar-refractivity contribution in [2.45, 2.75) is 6.42 Å². The van der Waals surface area contributed by atoms with Crippen molar-refractivity contribution in [1.82, 2.24) is 14.9 Å². The van der Waals surface area contributed by atoms with E-state index in [2.05, 4.69) is 14.9 Å². The molecule has 146 valence electrons. The summed E-state index contributed by atoms with van der Waals surface area (Å²) in [6, 6.07) is 9.11. The molecule has 4 rings (SSSR count). The zero-order valence-corrected chi connectivity index (χ0v) is 16.0. The Kier molecular flexibility index (Phi) is 5.29. The third-order valence-corrected chi connectivity index (χ3v) is 5.14. The molecule has 0 atom stereocenters. The number of amides is 2. The summed E-state index contributed by atoms with van der Waals surface area (Å²) in [5, 5.41) is 0.402. The van der Waals surface area contributed by atoms with Crippen LogP contribution in [0.2, 0.25) is 5.15 Å². The van der Waals surface area contributed by atoms with Crippen LogP contribution < -0.4 is 14.5 Å². The molecule has 1 aromatic carbocycles. The minimum absolute atomic E-state index is 0.00533. The van der Waals surface area contributed by atoms with Gasteiger partial charge in [-0.2, -0.15) is 0 Å². The molecule has 0 spiro atoms. The number of aromatic nitrogens is 2. The van der Waals surface area contributed by atoms with Gasteiger partial charge in [-0.15, -0.1) is 0 Å². The summed E-state index contributed by atoms with van der Waals surface area (Å²) in [6.07, 6.45) is 1.71. The molecule has 3 heterocycles. The van der Waals surface area contributed by atoms with Gasteiger partial charge in [0.1, 0.15) is 23.0 Å². The van der Waals surface area contributed by atoms with Gasteiger partial charge >= 0.3 is 0 Å². The number of benzene rings is 1. The number of carbonyl (C=O) groups excluding carboxylic acids is 2. The smallest absolute Gasteiger partial charge is 0.265 e. The topological polar surface area (TPSA) is 78.9 Å². The van der Waals surface area contributed by atoms with Gasteiger partial charge in [-0.25, -0.2) is 9.97 Å². The summed E-state index contributed by atoms with van der Waals surface area (Å²) < 4.78 is 5.44. The average Bonchev–Trinajstić information content (AvgIpc) is 2.73. The maximum Gasteiger partial charge on any atom is 0.265 e. The van der Waals surface area contributed by atoms with E-state index < -0.39 is 0 Å². The highest BCUT2D eigenvalue weighted by Crippen LogP contribution is 2.31. The second-order valence-corrected chi connectivity index (χ2v) is 7.01. The first-order valence-electron chi connectivity index (χ1n) is 9.14. The molecule has 8 nitrogen and oxygen atoms in total. The molecular formula is C19H20ClN5O3. The van der Waals surface area contributed by atoms with E-state index in [9.17, 15) is 9.59 Å². The van der Waals surface area contributed by atoms with E-state index in [0.717, 1.165) is 11.5 Å². The van der Waals surface area contributed by atoms with Gasteiger partial charge in [-0.3, -0.25) is 9.59 Å². The van der Waals surface area contributed by atoms with Crippen molar-refractivity contribution in [2.75, 3.05) is 49.1 Å². The molecule has 28 heavy (non-hydrogen) atoms. The van der Waals surface area contributed by atoms with E-state index in [4.69, 9.17) is 16.3 Å². The summed E-state index contributed by atoms with van der Waals surface area (Å²) in [7, 11) is 0. The summed E-state index contributed by atoms with van der Waals surface area (Å²) >= 11 is 5.92. The second-order valence-electron chi connectivity index (χ2n) is 6.62. The van der Waals surface area contributed by atoms with Crippen LogP contribution in [0.1, 0.15) is 6.42 Å². The fourth-order valence-corrected chi connectivity index (χ4v) is 3.59. The summed E-state index contributed by atoms with van der Waals surface area (Å²) in [6.45, 7) is 2.92. The van der Waals surface area contributed by atoms with Crippen molar-refractivity contribution in [3.8, 4) is 5.75 Å². The SMILES string of the molecule is O=C(CCN1C(=O)COc2ccccc21)N1CCN(c2cc(Cl)ncn2)CC1. The molecule has 0 aliphatic carbocycles. The van der Waals surface area contributed by atoms with Gasteiger partial charge in [0.15, 0.2) is 6.61 Å². The highest BCUT2D eigenvalue weighted by atomic mass is 35.5. The molecule has 2 aromatic rings. The molecule has 2 aliphatic rings. The van der Waals surface area contributed by atoms with Crippen molar-refractivity contribution >= 4 is 34.9 Å². The quantitative estimate of drug-likeness (QED) is 0.724. The number of anilines is 2. The molecule has 0 unspecified atom stereocenters. The first kappa shape index (κ1) is 18.5. The molecule has 0 bridgehead atoms. The molecule has 0 N–H and O–H groups in total. The first-order valence-corrected chi connectivity index (χ1v) is 9.52. The number of hydrogen-bond donors (Lipinski definition) is 0. The van der Waals surface area contributed by atoms with Crippen LogP contribution in [0.15, 0.2) is 36.7 Å². The summed E-state index contributed by atoms with van der Waals surface area (Å²) in [5.41, 5.74) is 0.719. The van der Waals surface area contributed by atoms with Crippen LogP contribution in [0.5, 0.6) is 5.75 Å². The van der Waals surface area contributed by atoms with Gasteiger partial charge in [0.2, 0.25) is 5.91 Å². The number of ether oxygens (including phenoxy) is 1. The number of fused-ring (bicyclic) bond motifs is 1. The van der Waals surface area contributed by atoms with Gasteiger partial charge in [-0.05, 0) is 12.1 Å². The second kappa shape index (κ2) is 8.02. The zero-order chi connectivity index (χ0) is 19.5. The Bertz CT molecular complexity index is 885. The standard InChI is InChI=1S/C19H20ClN5O3/c20-16-11-17(22-13-21-16)23-7-9-24(10-8-23)18(26)5-6-25-14-3-1-2-4-15(14)28-12-19(25)27/h1-4,11,13H,5-10,12H2. The predicted octanol–water partition coefficient (Wildman–Crippen LogP) is 1.59. The van der Waals surface area contributed by atoms with Gasteiger partial charge in [0.25, 0.3) is 5.91 Å². The van der Waals surface area contributed by atoms with E-state index in [1.807, 2.05) is 29.2 Å². The normalized spacial score (nSPS) is 16.6. The highest BCUT2D eigenvalue weighted by Gasteiger charge is 2.27. The minimum atomic E-state index is -0.128. The third-order valence-electron chi connectivity index (χ3n) is 4.93. The lowest BCUT2D eigenvalue weighted by Crippen LogP contribution is -2.50. The predicted molar refractivity (Wildman–Crippen MR) is 105 cm³/mol. The lowest BCUT2D eigenvalue weighted by molar-refractivity contribution is -0.131. The van der Waals surface area contributed by atoms with Crippen molar-refractivity contribution in [3.05, 3.63) is 41.8 Å². The summed E-state index contributed by atoms with van der Waals surface area (Å²) in [4.78, 5) is 38.5. The average molecular weight is 402 g/mol. The maximum atomic E-state index is 12.6. The van der Waals surface area contributed by atoms with E-state index in [1.54, 1.807) is 11.0 Å². The van der Waals surface area contributed by atoms with Gasteiger partial charge in [-0.1, -0.05) is 23.7 Å². The Balaban J connectivity index is 1.32. The monoisotopic (exact) mass is 401 g/mol. The number of hydrogen-bond acceptors (Lipinski definition) is 6. The van der Waals surface area contributed by atoms with E-state index in [1.165, 1.54) is 6.33 Å². The lowest BCUT2D eigenvalue weighted by Gasteiger charge is -2.36. The maximum absolute atomic E-state index is 12.6. The largest absolute Gasteiger partial charge is 0.482 e. The fraction of sp³-hybridized carbons (Fsp3) is 0.368. The van der Waals surface area contributed by atoms with Crippen molar-refractivity contribution in [3.63, 3.8) is 0 Å². The van der Waals surface area contributed by atoms with Crippen LogP contribution in [0.3, 0.4) is 0 Å². The van der Waals surface area contributed by atoms with E-state index in [-0.39, 0.29) is 24.8 Å². The number of nitrogens with zero attached hydrogens (tertiary/aromatic N) is 5. The molecule has 0 radical (unpaired) electrons. The minimum Gasteiger partial charge on any atom is -0.482 e. The Morgan fingerprint density at radius 3 is 2.71 bits per heavy atom. The number of rotatable bonds is 4. The van der Waals surface area contributed by atoms with Crippen LogP contribution in [-0.4, -0.2) is 66.0 Å². The number of piperazine rings is 1. The molecule has 1 fully saturated rings. The van der Waals surface area contributed by atoms with Crippen LogP contribution in [0.4, 0.5) is 11.5 Å². The van der Waals surface area contributed by atoms with E-state index in [0.29, 0.717) is 43.6 Å². The van der Waals surface area contributed by atoms with Crippen molar-refractivity contribution in [2.24, 2.45) is 0 Å². The fourth-order valence-electron chi connectivity index (χ4n) is 3.45. The Morgan fingerprint density at radius 1 is 1.14 bits per heavy atom. The molecule has 1 saturated heterocycles. The van der Waals surface area contributed by atoms with Gasteiger partial charge in [0, 0.05) is 45.2 Å². The van der Waals surface area contributed by atoms with Gasteiger partial charge < -0.3 is 19.4 Å². The van der Waals surface area contributed by atoms with E-state index >= 15 is 0 Å². The number of halogens is 1. The molecule has 2 amide bonds. The van der Waals surface area contributed by atoms with Crippen molar-refractivity contribution < 1.29 is 14.3 Å². The van der Waals surface area contributed by atoms with Crippen LogP contribution >= 0.6 is 11.6 Å². The van der Waals surface area contributed by atoms with Crippen molar-refractivity contribution in [1.29, 1.82) is 0 Å². The Morgan fingerprint density at radius 2 is 1.93 bits per heavy atom. The lowest BCUT2D eigenvalue weighted by atomic mass is 10.2. The molecular weight excluding hydrogens is 382 g/mol. The van der Waals surface area contributed by atoms with Gasteiger partial charge in [0.05, 0.1) is 5.69 Å². The van der Waals surface area contributed by atoms with Crippen LogP contribution in [-0.2, 0) is 9.59 Å². The Hall–Kier alpha value is -2.87. The molecule has 2 aliphatic heterocycles.